The number of hydrogen-bond acceptors (Lipinski definition) is 7. The molecule has 0 aliphatic carbocycles. The van der Waals surface area contributed by atoms with Crippen molar-refractivity contribution < 1.29 is 33.2 Å². The summed E-state index contributed by atoms with van der Waals surface area (Å²) in [5.41, 5.74) is 2.40. The van der Waals surface area contributed by atoms with E-state index in [4.69, 9.17) is 14.2 Å². The summed E-state index contributed by atoms with van der Waals surface area (Å²) >= 11 is 1.35. The molecule has 3 fully saturated rings. The number of aliphatic hydroxyl groups excluding tert-OH is 2. The number of aliphatic hydroxyl groups is 2. The number of likely N-dealkylation sites (tertiary alicyclic amines) is 1. The zero-order valence-electron chi connectivity index (χ0n) is 24.8. The van der Waals surface area contributed by atoms with E-state index in [1.165, 1.54) is 23.9 Å². The second kappa shape index (κ2) is 14.1. The second-order valence-corrected chi connectivity index (χ2v) is 13.7. The topological polar surface area (TPSA) is 71.4 Å². The summed E-state index contributed by atoms with van der Waals surface area (Å²) in [6.45, 7) is 2.34. The summed E-state index contributed by atoms with van der Waals surface area (Å²) in [7, 11) is 2.62. The highest BCUT2D eigenvalue weighted by molar-refractivity contribution is 7.99. The van der Waals surface area contributed by atoms with Crippen LogP contribution in [0.3, 0.4) is 0 Å². The first-order valence-corrected chi connectivity index (χ1v) is 17.1. The summed E-state index contributed by atoms with van der Waals surface area (Å²) in [5, 5.41) is 21.4. The van der Waals surface area contributed by atoms with Crippen molar-refractivity contribution in [3.63, 3.8) is 0 Å². The minimum absolute atomic E-state index is 0.0772. The van der Waals surface area contributed by atoms with Crippen LogP contribution in [-0.2, 0) is 15.9 Å². The number of nitrogens with zero attached hydrogens (tertiary/aromatic N) is 1. The van der Waals surface area contributed by atoms with Gasteiger partial charge < -0.3 is 24.4 Å². The summed E-state index contributed by atoms with van der Waals surface area (Å²) in [6, 6.07) is 18.2. The number of halogens is 2. The van der Waals surface area contributed by atoms with Gasteiger partial charge in [0, 0.05) is 37.5 Å². The molecule has 0 spiro atoms. The van der Waals surface area contributed by atoms with E-state index in [0.29, 0.717) is 30.2 Å². The second-order valence-electron chi connectivity index (χ2n) is 12.1. The van der Waals surface area contributed by atoms with Gasteiger partial charge in [0.05, 0.1) is 24.9 Å². The zero-order chi connectivity index (χ0) is 30.8. The highest BCUT2D eigenvalue weighted by Crippen LogP contribution is 2.36. The predicted octanol–water partition coefficient (Wildman–Crippen LogP) is 5.30. The van der Waals surface area contributed by atoms with Crippen LogP contribution < -0.4 is 10.0 Å². The lowest BCUT2D eigenvalue weighted by Crippen LogP contribution is -2.43. The van der Waals surface area contributed by atoms with E-state index in [0.717, 1.165) is 54.5 Å². The van der Waals surface area contributed by atoms with Gasteiger partial charge >= 0.3 is 0 Å². The van der Waals surface area contributed by atoms with Crippen LogP contribution in [0.4, 0.5) is 8.78 Å². The van der Waals surface area contributed by atoms with Gasteiger partial charge in [0.1, 0.15) is 35.0 Å². The number of thioether (sulfide) groups is 1. The fourth-order valence-electron chi connectivity index (χ4n) is 6.54. The zero-order valence-corrected chi connectivity index (χ0v) is 26.8. The maximum Gasteiger partial charge on any atom is 0.132 e. The quantitative estimate of drug-likeness (QED) is 0.323. The van der Waals surface area contributed by atoms with Crippen molar-refractivity contribution in [2.75, 3.05) is 26.0 Å². The number of ether oxygens (including phenoxy) is 3. The monoisotopic (exact) mass is 643 g/mol. The van der Waals surface area contributed by atoms with E-state index in [-0.39, 0.29) is 30.3 Å². The summed E-state index contributed by atoms with van der Waals surface area (Å²) in [6.07, 6.45) is 2.79. The highest BCUT2D eigenvalue weighted by Gasteiger charge is 2.37. The molecule has 3 saturated heterocycles. The van der Waals surface area contributed by atoms with Crippen LogP contribution in [0.2, 0.25) is 0 Å². The SMILES string of the molecule is CSC1OC(c2ccc(F)c(Cc3ccc(OC4CCN([C@@H]5CCC(c6cc(P)ccc6F)OC5)C4)cc3)c2)CC(O)[C@@H]1O. The van der Waals surface area contributed by atoms with Gasteiger partial charge in [-0.15, -0.1) is 21.0 Å². The molecule has 0 bridgehead atoms. The average molecular weight is 644 g/mol. The molecule has 6 nitrogen and oxygen atoms in total. The van der Waals surface area contributed by atoms with E-state index in [2.05, 4.69) is 14.1 Å². The van der Waals surface area contributed by atoms with E-state index in [9.17, 15) is 19.0 Å². The molecule has 3 heterocycles. The van der Waals surface area contributed by atoms with Crippen LogP contribution in [0.15, 0.2) is 60.7 Å². The molecule has 6 unspecified atom stereocenters. The smallest absolute Gasteiger partial charge is 0.132 e. The molecule has 3 aromatic rings. The Bertz CT molecular complexity index is 1420. The molecule has 3 aliphatic rings. The van der Waals surface area contributed by atoms with Crippen LogP contribution >= 0.6 is 21.0 Å². The molecule has 6 rings (SSSR count). The van der Waals surface area contributed by atoms with Gasteiger partial charge in [0.2, 0.25) is 0 Å². The predicted molar refractivity (Wildman–Crippen MR) is 171 cm³/mol. The Morgan fingerprint density at radius 2 is 1.77 bits per heavy atom. The molecular formula is C34H40F2NO5PS. The molecule has 3 aliphatic heterocycles. The van der Waals surface area contributed by atoms with Crippen LogP contribution in [-0.4, -0.2) is 70.9 Å². The molecule has 236 valence electrons. The van der Waals surface area contributed by atoms with Gasteiger partial charge in [-0.3, -0.25) is 4.90 Å². The molecule has 10 heteroatoms. The Balaban J connectivity index is 1.01. The Hall–Kier alpha value is -2.10. The average Bonchev–Trinajstić information content (AvgIpc) is 3.50. The van der Waals surface area contributed by atoms with Crippen molar-refractivity contribution in [1.29, 1.82) is 0 Å². The highest BCUT2D eigenvalue weighted by atomic mass is 32.2. The number of benzene rings is 3. The summed E-state index contributed by atoms with van der Waals surface area (Å²) < 4.78 is 47.6. The van der Waals surface area contributed by atoms with Crippen LogP contribution in [0.1, 0.15) is 60.1 Å². The lowest BCUT2D eigenvalue weighted by atomic mass is 9.94. The van der Waals surface area contributed by atoms with Gasteiger partial charge in [0.25, 0.3) is 0 Å². The van der Waals surface area contributed by atoms with Crippen LogP contribution in [0, 0.1) is 11.6 Å². The lowest BCUT2D eigenvalue weighted by molar-refractivity contribution is -0.137. The molecule has 0 amide bonds. The molecule has 3 aromatic carbocycles. The first-order valence-electron chi connectivity index (χ1n) is 15.3. The van der Waals surface area contributed by atoms with Gasteiger partial charge in [-0.2, -0.15) is 0 Å². The number of hydrogen-bond donors (Lipinski definition) is 2. The Morgan fingerprint density at radius 1 is 0.977 bits per heavy atom. The normalized spacial score (nSPS) is 29.5. The van der Waals surface area contributed by atoms with Crippen LogP contribution in [0.25, 0.3) is 0 Å². The van der Waals surface area contributed by atoms with Crippen molar-refractivity contribution >= 4 is 26.3 Å². The van der Waals surface area contributed by atoms with Gasteiger partial charge in [-0.1, -0.05) is 24.3 Å². The molecular weight excluding hydrogens is 603 g/mol. The van der Waals surface area contributed by atoms with Crippen molar-refractivity contribution in [2.45, 2.75) is 74.1 Å². The lowest BCUT2D eigenvalue weighted by Gasteiger charge is -2.36. The maximum atomic E-state index is 14.8. The van der Waals surface area contributed by atoms with E-state index in [1.54, 1.807) is 18.2 Å². The molecule has 0 radical (unpaired) electrons. The first kappa shape index (κ1) is 31.9. The Morgan fingerprint density at radius 3 is 2.52 bits per heavy atom. The molecule has 0 aromatic heterocycles. The molecule has 0 saturated carbocycles. The Kier molecular flexibility index (Phi) is 10.2. The third-order valence-corrected chi connectivity index (χ3v) is 10.2. The number of rotatable bonds is 8. The van der Waals surface area contributed by atoms with Crippen LogP contribution in [0.5, 0.6) is 5.75 Å². The fourth-order valence-corrected chi connectivity index (χ4v) is 7.52. The van der Waals surface area contributed by atoms with Crippen molar-refractivity contribution in [3.8, 4) is 5.75 Å². The molecule has 44 heavy (non-hydrogen) atoms. The van der Waals surface area contributed by atoms with Crippen molar-refractivity contribution in [2.24, 2.45) is 0 Å². The van der Waals surface area contributed by atoms with Crippen molar-refractivity contribution in [1.82, 2.24) is 4.90 Å². The molecule has 8 atom stereocenters. The maximum absolute atomic E-state index is 14.8. The minimum atomic E-state index is -0.945. The van der Waals surface area contributed by atoms with Gasteiger partial charge in [-0.25, -0.2) is 8.78 Å². The first-order chi connectivity index (χ1) is 21.3. The third kappa shape index (κ3) is 7.31. The standard InChI is InChI=1S/C34H40F2NO5PS/c1-44-34-33(39)30(38)17-32(42-34)21-4-9-28(35)22(15-21)14-20-2-6-24(7-3-20)41-25-12-13-37(18-25)23-5-11-31(40-19-23)27-16-26(43)8-10-29(27)36/h2-4,6-10,15-16,23,25,30-34,38-39H,5,11-14,17-19,43H2,1H3/t23-,25?,30?,31?,32?,33+,34?/m1/s1. The minimum Gasteiger partial charge on any atom is -0.489 e. The summed E-state index contributed by atoms with van der Waals surface area (Å²) in [4.78, 5) is 2.42. The van der Waals surface area contributed by atoms with Crippen molar-refractivity contribution in [3.05, 3.63) is 94.6 Å². The van der Waals surface area contributed by atoms with Gasteiger partial charge in [-0.05, 0) is 83.9 Å². The summed E-state index contributed by atoms with van der Waals surface area (Å²) in [5.74, 6) is 0.285. The van der Waals surface area contributed by atoms with Gasteiger partial charge in [0.15, 0.2) is 0 Å². The Labute approximate surface area is 264 Å². The van der Waals surface area contributed by atoms with E-state index in [1.807, 2.05) is 36.6 Å². The van der Waals surface area contributed by atoms with E-state index >= 15 is 0 Å². The molecule has 2 N–H and O–H groups in total. The van der Waals surface area contributed by atoms with E-state index < -0.39 is 23.7 Å². The largest absolute Gasteiger partial charge is 0.489 e. The third-order valence-electron chi connectivity index (χ3n) is 9.03. The fraction of sp³-hybridized carbons (Fsp3) is 0.471.